The van der Waals surface area contributed by atoms with Gasteiger partial charge in [0, 0.05) is 19.0 Å². The molecule has 1 aliphatic heterocycles. The Labute approximate surface area is 135 Å². The van der Waals surface area contributed by atoms with Crippen molar-refractivity contribution in [2.75, 3.05) is 6.54 Å². The van der Waals surface area contributed by atoms with Crippen LogP contribution in [-0.2, 0) is 9.59 Å². The van der Waals surface area contributed by atoms with Crippen LogP contribution in [0.5, 0.6) is 0 Å². The Morgan fingerprint density at radius 2 is 1.91 bits per heavy atom. The number of amides is 2. The average molecular weight is 318 g/mol. The third kappa shape index (κ3) is 3.63. The molecule has 2 heterocycles. The molecule has 0 spiro atoms. The Morgan fingerprint density at radius 1 is 1.17 bits per heavy atom. The van der Waals surface area contributed by atoms with E-state index in [1.54, 1.807) is 6.07 Å². The van der Waals surface area contributed by atoms with Crippen LogP contribution in [0.3, 0.4) is 0 Å². The van der Waals surface area contributed by atoms with Gasteiger partial charge in [-0.15, -0.1) is 0 Å². The first-order valence-electron chi connectivity index (χ1n) is 8.33. The van der Waals surface area contributed by atoms with E-state index in [4.69, 9.17) is 4.42 Å². The van der Waals surface area contributed by atoms with Gasteiger partial charge in [0.2, 0.25) is 5.91 Å². The number of likely N-dealkylation sites (tertiary alicyclic amines) is 1. The number of carbonyl (C=O) groups excluding carboxylic acids is 3. The summed E-state index contributed by atoms with van der Waals surface area (Å²) in [7, 11) is 0. The molecule has 1 aromatic heterocycles. The maximum atomic E-state index is 12.2. The second-order valence-corrected chi connectivity index (χ2v) is 6.37. The van der Waals surface area contributed by atoms with Gasteiger partial charge in [0.25, 0.3) is 11.7 Å². The molecule has 1 saturated carbocycles. The fraction of sp³-hybridized carbons (Fsp3) is 0.588. The number of nitrogens with one attached hydrogen (secondary N) is 1. The van der Waals surface area contributed by atoms with Crippen molar-refractivity contribution < 1.29 is 18.8 Å². The summed E-state index contributed by atoms with van der Waals surface area (Å²) < 4.78 is 4.94. The first-order valence-corrected chi connectivity index (χ1v) is 8.33. The average Bonchev–Trinajstić information content (AvgIpc) is 3.10. The topological polar surface area (TPSA) is 79.6 Å². The van der Waals surface area contributed by atoms with Crippen LogP contribution in [0.4, 0.5) is 0 Å². The minimum Gasteiger partial charge on any atom is -0.461 e. The molecule has 1 N–H and O–H groups in total. The number of Topliss-reactive ketones (excluding diaryl/α,β-unsaturated/α-hetero) is 1. The van der Waals surface area contributed by atoms with Crippen LogP contribution in [0.15, 0.2) is 22.8 Å². The van der Waals surface area contributed by atoms with Gasteiger partial charge in [0.1, 0.15) is 0 Å². The van der Waals surface area contributed by atoms with Gasteiger partial charge in [-0.05, 0) is 25.0 Å². The number of hydrogen-bond donors (Lipinski definition) is 1. The van der Waals surface area contributed by atoms with Crippen LogP contribution in [-0.4, -0.2) is 41.1 Å². The number of rotatable bonds is 4. The van der Waals surface area contributed by atoms with Crippen molar-refractivity contribution in [2.24, 2.45) is 0 Å². The lowest BCUT2D eigenvalue weighted by Gasteiger charge is -2.27. The monoisotopic (exact) mass is 318 g/mol. The SMILES string of the molecule is O=C(N[C@@H]1CC(=O)N(C2CCCCCC2)C1)C(=O)c1ccco1. The molecule has 6 nitrogen and oxygen atoms in total. The standard InChI is InChI=1S/C17H22N2O4/c20-15-10-12(11-19(15)13-6-3-1-2-4-7-13)18-17(22)16(21)14-8-5-9-23-14/h5,8-9,12-13H,1-4,6-7,10-11H2,(H,18,22)/t12-/m1/s1. The van der Waals surface area contributed by atoms with Crippen molar-refractivity contribution in [3.8, 4) is 0 Å². The van der Waals surface area contributed by atoms with Crippen LogP contribution in [0.1, 0.15) is 55.5 Å². The molecule has 1 aliphatic carbocycles. The molecular formula is C17H22N2O4. The van der Waals surface area contributed by atoms with E-state index in [9.17, 15) is 14.4 Å². The number of ketones is 1. The van der Waals surface area contributed by atoms with E-state index < -0.39 is 11.7 Å². The number of furan rings is 1. The van der Waals surface area contributed by atoms with E-state index >= 15 is 0 Å². The molecule has 1 aromatic rings. The van der Waals surface area contributed by atoms with Gasteiger partial charge >= 0.3 is 0 Å². The predicted octanol–water partition coefficient (Wildman–Crippen LogP) is 1.90. The highest BCUT2D eigenvalue weighted by atomic mass is 16.3. The summed E-state index contributed by atoms with van der Waals surface area (Å²) in [5, 5.41) is 2.67. The fourth-order valence-corrected chi connectivity index (χ4v) is 3.52. The van der Waals surface area contributed by atoms with Crippen molar-refractivity contribution in [2.45, 2.75) is 57.0 Å². The van der Waals surface area contributed by atoms with E-state index in [2.05, 4.69) is 5.32 Å². The molecular weight excluding hydrogens is 296 g/mol. The highest BCUT2D eigenvalue weighted by Crippen LogP contribution is 2.25. The highest BCUT2D eigenvalue weighted by Gasteiger charge is 2.36. The zero-order chi connectivity index (χ0) is 16.2. The first-order chi connectivity index (χ1) is 11.1. The third-order valence-corrected chi connectivity index (χ3v) is 4.71. The van der Waals surface area contributed by atoms with Crippen molar-refractivity contribution in [3.63, 3.8) is 0 Å². The van der Waals surface area contributed by atoms with Gasteiger partial charge in [0.05, 0.1) is 12.3 Å². The third-order valence-electron chi connectivity index (χ3n) is 4.71. The van der Waals surface area contributed by atoms with Gasteiger partial charge in [-0.25, -0.2) is 0 Å². The second kappa shape index (κ2) is 6.98. The summed E-state index contributed by atoms with van der Waals surface area (Å²) in [5.41, 5.74) is 0. The summed E-state index contributed by atoms with van der Waals surface area (Å²) in [6, 6.07) is 3.01. The molecule has 6 heteroatoms. The summed E-state index contributed by atoms with van der Waals surface area (Å²) in [5.74, 6) is -1.31. The summed E-state index contributed by atoms with van der Waals surface area (Å²) >= 11 is 0. The maximum Gasteiger partial charge on any atom is 0.296 e. The van der Waals surface area contributed by atoms with E-state index in [1.165, 1.54) is 25.2 Å². The van der Waals surface area contributed by atoms with E-state index in [-0.39, 0.29) is 30.2 Å². The minimum atomic E-state index is -0.708. The van der Waals surface area contributed by atoms with Crippen molar-refractivity contribution in [3.05, 3.63) is 24.2 Å². The summed E-state index contributed by atoms with van der Waals surface area (Å²) in [4.78, 5) is 38.0. The highest BCUT2D eigenvalue weighted by molar-refractivity contribution is 6.42. The predicted molar refractivity (Wildman–Crippen MR) is 82.8 cm³/mol. The van der Waals surface area contributed by atoms with Crippen LogP contribution < -0.4 is 5.32 Å². The Kier molecular flexibility index (Phi) is 4.79. The zero-order valence-corrected chi connectivity index (χ0v) is 13.1. The van der Waals surface area contributed by atoms with E-state index in [0.29, 0.717) is 6.54 Å². The van der Waals surface area contributed by atoms with Crippen LogP contribution in [0.2, 0.25) is 0 Å². The van der Waals surface area contributed by atoms with Crippen molar-refractivity contribution >= 4 is 17.6 Å². The molecule has 2 aliphatic rings. The molecule has 1 atom stereocenters. The van der Waals surface area contributed by atoms with E-state index in [0.717, 1.165) is 25.7 Å². The molecule has 1 saturated heterocycles. The Hall–Kier alpha value is -2.11. The molecule has 23 heavy (non-hydrogen) atoms. The molecule has 0 bridgehead atoms. The van der Waals surface area contributed by atoms with Crippen LogP contribution >= 0.6 is 0 Å². The van der Waals surface area contributed by atoms with Crippen LogP contribution in [0, 0.1) is 0 Å². The smallest absolute Gasteiger partial charge is 0.296 e. The number of hydrogen-bond acceptors (Lipinski definition) is 4. The van der Waals surface area contributed by atoms with Crippen LogP contribution in [0.25, 0.3) is 0 Å². The molecule has 2 amide bonds. The molecule has 124 valence electrons. The Bertz CT molecular complexity index is 573. The second-order valence-electron chi connectivity index (χ2n) is 6.37. The molecule has 0 aromatic carbocycles. The maximum absolute atomic E-state index is 12.2. The van der Waals surface area contributed by atoms with Gasteiger partial charge in [0.15, 0.2) is 5.76 Å². The lowest BCUT2D eigenvalue weighted by Crippen LogP contribution is -2.42. The van der Waals surface area contributed by atoms with Crippen molar-refractivity contribution in [1.82, 2.24) is 10.2 Å². The van der Waals surface area contributed by atoms with Gasteiger partial charge < -0.3 is 14.6 Å². The summed E-state index contributed by atoms with van der Waals surface area (Å²) in [6.45, 7) is 0.501. The summed E-state index contributed by atoms with van der Waals surface area (Å²) in [6.07, 6.45) is 8.48. The molecule has 2 fully saturated rings. The van der Waals surface area contributed by atoms with Crippen molar-refractivity contribution in [1.29, 1.82) is 0 Å². The van der Waals surface area contributed by atoms with E-state index in [1.807, 2.05) is 4.90 Å². The lowest BCUT2D eigenvalue weighted by molar-refractivity contribution is -0.129. The number of carbonyl (C=O) groups is 3. The number of nitrogens with zero attached hydrogens (tertiary/aromatic N) is 1. The lowest BCUT2D eigenvalue weighted by atomic mass is 10.1. The molecule has 3 rings (SSSR count). The molecule has 0 unspecified atom stereocenters. The first kappa shape index (κ1) is 15.8. The zero-order valence-electron chi connectivity index (χ0n) is 13.1. The quantitative estimate of drug-likeness (QED) is 0.522. The van der Waals surface area contributed by atoms with Gasteiger partial charge in [-0.2, -0.15) is 0 Å². The van der Waals surface area contributed by atoms with Gasteiger partial charge in [-0.3, -0.25) is 14.4 Å². The minimum absolute atomic E-state index is 0.0208. The largest absolute Gasteiger partial charge is 0.461 e. The Balaban J connectivity index is 1.57. The van der Waals surface area contributed by atoms with Gasteiger partial charge in [-0.1, -0.05) is 25.7 Å². The fourth-order valence-electron chi connectivity index (χ4n) is 3.52. The molecule has 0 radical (unpaired) electrons. The normalized spacial score (nSPS) is 22.9. The Morgan fingerprint density at radius 3 is 2.57 bits per heavy atom.